The number of aromatic nitrogens is 1. The van der Waals surface area contributed by atoms with E-state index < -0.39 is 10.8 Å². The molecule has 1 aliphatic heterocycles. The van der Waals surface area contributed by atoms with Crippen LogP contribution in [0.4, 0.5) is 5.69 Å². The lowest BCUT2D eigenvalue weighted by atomic mass is 10.3. The lowest BCUT2D eigenvalue weighted by molar-refractivity contribution is -0.462. The van der Waals surface area contributed by atoms with Crippen LogP contribution < -0.4 is 4.87 Å². The third-order valence-corrected chi connectivity index (χ3v) is 3.39. The Morgan fingerprint density at radius 3 is 2.70 bits per heavy atom. The van der Waals surface area contributed by atoms with Crippen molar-refractivity contribution in [3.05, 3.63) is 50.6 Å². The second-order valence-electron chi connectivity index (χ2n) is 3.86. The second-order valence-corrected chi connectivity index (χ2v) is 4.88. The Hall–Kier alpha value is -2.74. The Balaban J connectivity index is 2.07. The van der Waals surface area contributed by atoms with E-state index >= 15 is 0 Å². The normalized spacial score (nSPS) is 16.3. The van der Waals surface area contributed by atoms with E-state index in [1.165, 1.54) is 10.8 Å². The van der Waals surface area contributed by atoms with E-state index in [9.17, 15) is 14.7 Å². The minimum atomic E-state index is -0.658. The Bertz CT molecular complexity index is 789. The molecule has 1 aromatic carbocycles. The molecular formula is C12H8N3O4S+. The van der Waals surface area contributed by atoms with Crippen molar-refractivity contribution < 1.29 is 19.4 Å². The third-order valence-electron chi connectivity index (χ3n) is 2.57. The summed E-state index contributed by atoms with van der Waals surface area (Å²) in [7, 11) is 0. The van der Waals surface area contributed by atoms with Gasteiger partial charge in [-0.2, -0.15) is 0 Å². The minimum Gasteiger partial charge on any atom is -0.493 e. The number of benzene rings is 1. The maximum Gasteiger partial charge on any atom is 0.437 e. The Morgan fingerprint density at radius 1 is 1.30 bits per heavy atom. The van der Waals surface area contributed by atoms with Gasteiger partial charge in [-0.1, -0.05) is 29.5 Å². The zero-order valence-electron chi connectivity index (χ0n) is 9.94. The lowest BCUT2D eigenvalue weighted by Crippen LogP contribution is -2.04. The second kappa shape index (κ2) is 4.74. The number of nitrogens with zero attached hydrogens (tertiary/aromatic N) is 2. The Morgan fingerprint density at radius 2 is 2.05 bits per heavy atom. The number of hydrogen-bond acceptors (Lipinski definition) is 6. The summed E-state index contributed by atoms with van der Waals surface area (Å²) < 4.78 is 1.30. The molecule has 0 saturated carbocycles. The summed E-state index contributed by atoms with van der Waals surface area (Å²) in [6, 6.07) is 8.90. The fraction of sp³-hybridized carbons (Fsp3) is 0. The molecule has 0 radical (unpaired) electrons. The maximum atomic E-state index is 11.7. The summed E-state index contributed by atoms with van der Waals surface area (Å²) in [5, 5.41) is 13.2. The van der Waals surface area contributed by atoms with Gasteiger partial charge >= 0.3 is 16.5 Å². The number of carbonyl (C=O) groups is 1. The van der Waals surface area contributed by atoms with Crippen molar-refractivity contribution in [1.82, 2.24) is 4.98 Å². The third kappa shape index (κ3) is 2.12. The average Bonchev–Trinajstić information content (AvgIpc) is 2.95. The number of aromatic hydroxyl groups is 1. The topological polar surface area (TPSA) is 94.8 Å². The first-order valence-corrected chi connectivity index (χ1v) is 6.38. The van der Waals surface area contributed by atoms with Gasteiger partial charge in [-0.25, -0.2) is 4.79 Å². The average molecular weight is 290 g/mol. The van der Waals surface area contributed by atoms with Crippen LogP contribution in [0.3, 0.4) is 0 Å². The Kier molecular flexibility index (Phi) is 2.92. The molecule has 1 aliphatic rings. The first-order valence-electron chi connectivity index (χ1n) is 5.56. The molecule has 0 atom stereocenters. The number of H-pyrrole nitrogens is 1. The van der Waals surface area contributed by atoms with E-state index in [4.69, 9.17) is 0 Å². The SMILES string of the molecule is O=C1ON=[N+](c2ccccc2)/C1=C/c1sc(=O)[nH]c1O. The number of para-hydroxylation sites is 1. The van der Waals surface area contributed by atoms with Crippen LogP contribution in [-0.4, -0.2) is 20.8 Å². The quantitative estimate of drug-likeness (QED) is 0.650. The number of carbonyl (C=O) groups excluding carboxylic acids is 1. The molecule has 3 rings (SSSR count). The van der Waals surface area contributed by atoms with Gasteiger partial charge in [0, 0.05) is 18.2 Å². The van der Waals surface area contributed by atoms with Crippen molar-refractivity contribution in [2.45, 2.75) is 0 Å². The van der Waals surface area contributed by atoms with Gasteiger partial charge in [-0.15, -0.1) is 0 Å². The van der Waals surface area contributed by atoms with Crippen molar-refractivity contribution >= 4 is 29.1 Å². The molecule has 0 amide bonds. The van der Waals surface area contributed by atoms with Crippen molar-refractivity contribution in [3.63, 3.8) is 0 Å². The molecule has 8 heteroatoms. The van der Waals surface area contributed by atoms with Crippen LogP contribution >= 0.6 is 11.3 Å². The highest BCUT2D eigenvalue weighted by atomic mass is 32.1. The van der Waals surface area contributed by atoms with E-state index in [-0.39, 0.29) is 16.5 Å². The maximum absolute atomic E-state index is 11.7. The number of aromatic amines is 1. The predicted octanol–water partition coefficient (Wildman–Crippen LogP) is 1.75. The van der Waals surface area contributed by atoms with Gasteiger partial charge in [0.05, 0.1) is 4.88 Å². The molecule has 2 N–H and O–H groups in total. The molecule has 100 valence electrons. The fourth-order valence-electron chi connectivity index (χ4n) is 1.68. The van der Waals surface area contributed by atoms with Crippen molar-refractivity contribution in [1.29, 1.82) is 0 Å². The predicted molar refractivity (Wildman–Crippen MR) is 69.5 cm³/mol. The van der Waals surface area contributed by atoms with E-state index in [0.717, 1.165) is 11.3 Å². The van der Waals surface area contributed by atoms with Crippen LogP contribution in [0.25, 0.3) is 6.08 Å². The smallest absolute Gasteiger partial charge is 0.437 e. The van der Waals surface area contributed by atoms with Gasteiger partial charge in [-0.05, 0) is 4.70 Å². The van der Waals surface area contributed by atoms with Gasteiger partial charge in [0.25, 0.3) is 0 Å². The highest BCUT2D eigenvalue weighted by molar-refractivity contribution is 7.10. The monoisotopic (exact) mass is 290 g/mol. The lowest BCUT2D eigenvalue weighted by Gasteiger charge is -1.91. The minimum absolute atomic E-state index is 0.113. The number of thiazole rings is 1. The van der Waals surface area contributed by atoms with Crippen LogP contribution in [0.1, 0.15) is 4.88 Å². The standard InChI is InChI=1S/C12H7N3O4S/c16-10-9(20-12(18)13-10)6-8-11(17)19-14-15(8)7-4-2-1-3-5-7/h1-6H,(H-,13,14,16,17,18)/p+1. The highest BCUT2D eigenvalue weighted by Crippen LogP contribution is 2.27. The van der Waals surface area contributed by atoms with E-state index in [1.54, 1.807) is 24.3 Å². The molecule has 20 heavy (non-hydrogen) atoms. The highest BCUT2D eigenvalue weighted by Gasteiger charge is 2.36. The number of rotatable bonds is 2. The van der Waals surface area contributed by atoms with Crippen molar-refractivity contribution in [2.75, 3.05) is 0 Å². The molecule has 7 nitrogen and oxygen atoms in total. The molecule has 0 aliphatic carbocycles. The zero-order valence-corrected chi connectivity index (χ0v) is 10.8. The van der Waals surface area contributed by atoms with Gasteiger partial charge in [0.15, 0.2) is 0 Å². The first-order chi connectivity index (χ1) is 9.65. The molecular weight excluding hydrogens is 282 g/mol. The van der Waals surface area contributed by atoms with Crippen LogP contribution in [0.5, 0.6) is 5.88 Å². The Labute approximate surface area is 116 Å². The van der Waals surface area contributed by atoms with Gasteiger partial charge < -0.3 is 5.11 Å². The van der Waals surface area contributed by atoms with Gasteiger partial charge in [0.2, 0.25) is 16.8 Å². The van der Waals surface area contributed by atoms with Crippen LogP contribution in [0, 0.1) is 0 Å². The zero-order chi connectivity index (χ0) is 14.1. The van der Waals surface area contributed by atoms with Crippen molar-refractivity contribution in [3.8, 4) is 5.88 Å². The summed E-state index contributed by atoms with van der Waals surface area (Å²) in [5.74, 6) is -0.950. The van der Waals surface area contributed by atoms with E-state index in [2.05, 4.69) is 15.1 Å². The first kappa shape index (κ1) is 12.3. The molecule has 2 heterocycles. The molecule has 0 unspecified atom stereocenters. The molecule has 0 spiro atoms. The van der Waals surface area contributed by atoms with Gasteiger partial charge in [0.1, 0.15) is 0 Å². The molecule has 1 aromatic heterocycles. The summed E-state index contributed by atoms with van der Waals surface area (Å²) in [6.07, 6.45) is 1.35. The molecule has 0 saturated heterocycles. The van der Waals surface area contributed by atoms with Crippen molar-refractivity contribution in [2.24, 2.45) is 5.28 Å². The summed E-state index contributed by atoms with van der Waals surface area (Å²) in [6.45, 7) is 0. The summed E-state index contributed by atoms with van der Waals surface area (Å²) in [4.78, 5) is 29.5. The molecule has 2 aromatic rings. The van der Waals surface area contributed by atoms with Crippen LogP contribution in [0.2, 0.25) is 0 Å². The van der Waals surface area contributed by atoms with Gasteiger partial charge in [-0.3, -0.25) is 14.6 Å². The number of hydrogen-bond donors (Lipinski definition) is 2. The molecule has 0 fully saturated rings. The summed E-state index contributed by atoms with van der Waals surface area (Å²) >= 11 is 0.787. The fourth-order valence-corrected chi connectivity index (χ4v) is 2.35. The van der Waals surface area contributed by atoms with E-state index in [0.29, 0.717) is 5.69 Å². The largest absolute Gasteiger partial charge is 0.493 e. The van der Waals surface area contributed by atoms with Crippen LogP contribution in [-0.2, 0) is 9.63 Å². The number of nitrogens with one attached hydrogen (secondary N) is 1. The molecule has 0 bridgehead atoms. The van der Waals surface area contributed by atoms with E-state index in [1.807, 2.05) is 6.07 Å². The summed E-state index contributed by atoms with van der Waals surface area (Å²) in [5.41, 5.74) is 0.744. The van der Waals surface area contributed by atoms with Crippen LogP contribution in [0.15, 0.2) is 46.1 Å².